The van der Waals surface area contributed by atoms with Crippen LogP contribution in [-0.2, 0) is 19.4 Å². The van der Waals surface area contributed by atoms with E-state index in [0.29, 0.717) is 6.54 Å². The lowest BCUT2D eigenvalue weighted by Gasteiger charge is -2.16. The van der Waals surface area contributed by atoms with Crippen molar-refractivity contribution in [2.45, 2.75) is 39.2 Å². The first kappa shape index (κ1) is 17.3. The number of hydrogen-bond donors (Lipinski definition) is 1. The molecule has 0 atom stereocenters. The summed E-state index contributed by atoms with van der Waals surface area (Å²) in [7, 11) is 3.29. The summed E-state index contributed by atoms with van der Waals surface area (Å²) in [6.45, 7) is 2.69. The molecule has 0 saturated heterocycles. The molecule has 0 amide bonds. The van der Waals surface area contributed by atoms with Crippen LogP contribution < -0.4 is 14.9 Å². The molecule has 0 unspecified atom stereocenters. The average molecular weight is 338 g/mol. The molecule has 0 aliphatic heterocycles. The third-order valence-corrected chi connectivity index (χ3v) is 4.74. The highest BCUT2D eigenvalue weighted by Crippen LogP contribution is 2.27. The van der Waals surface area contributed by atoms with Gasteiger partial charge in [0, 0.05) is 0 Å². The van der Waals surface area contributed by atoms with E-state index in [-0.39, 0.29) is 0 Å². The van der Waals surface area contributed by atoms with E-state index in [2.05, 4.69) is 28.7 Å². The van der Waals surface area contributed by atoms with Crippen LogP contribution >= 0.6 is 0 Å². The van der Waals surface area contributed by atoms with Crippen LogP contribution in [0.3, 0.4) is 0 Å². The van der Waals surface area contributed by atoms with Crippen LogP contribution in [0.4, 0.5) is 0 Å². The Morgan fingerprint density at radius 3 is 2.48 bits per heavy atom. The van der Waals surface area contributed by atoms with E-state index in [4.69, 9.17) is 9.47 Å². The molecule has 0 spiro atoms. The van der Waals surface area contributed by atoms with Gasteiger partial charge in [0.15, 0.2) is 11.5 Å². The van der Waals surface area contributed by atoms with Gasteiger partial charge in [-0.05, 0) is 73.1 Å². The van der Waals surface area contributed by atoms with Crippen molar-refractivity contribution in [1.82, 2.24) is 5.43 Å². The summed E-state index contributed by atoms with van der Waals surface area (Å²) in [6, 6.07) is 12.6. The van der Waals surface area contributed by atoms with Gasteiger partial charge < -0.3 is 14.9 Å². The van der Waals surface area contributed by atoms with Crippen molar-refractivity contribution in [2.75, 3.05) is 14.2 Å². The predicted octanol–water partition coefficient (Wildman–Crippen LogP) is 4.10. The summed E-state index contributed by atoms with van der Waals surface area (Å²) < 4.78 is 10.6. The van der Waals surface area contributed by atoms with Gasteiger partial charge in [0.2, 0.25) is 0 Å². The van der Waals surface area contributed by atoms with Gasteiger partial charge in [0.05, 0.1) is 26.5 Å². The van der Waals surface area contributed by atoms with Crippen LogP contribution in [-0.4, -0.2) is 19.9 Å². The zero-order valence-electron chi connectivity index (χ0n) is 15.3. The van der Waals surface area contributed by atoms with Crippen molar-refractivity contribution in [3.63, 3.8) is 0 Å². The SMILES string of the molecule is COc1ccc(CN/N=C(\C)c2ccc3c(c2)CCCC3)cc1OC. The molecule has 0 aromatic heterocycles. The molecule has 0 fully saturated rings. The van der Waals surface area contributed by atoms with Crippen molar-refractivity contribution in [1.29, 1.82) is 0 Å². The number of hydrogen-bond acceptors (Lipinski definition) is 4. The number of hydrazone groups is 1. The molecule has 25 heavy (non-hydrogen) atoms. The van der Waals surface area contributed by atoms with Crippen LogP contribution in [0.1, 0.15) is 42.0 Å². The normalized spacial score (nSPS) is 14.0. The summed E-state index contributed by atoms with van der Waals surface area (Å²) in [5.41, 5.74) is 9.45. The molecule has 2 aromatic carbocycles. The maximum Gasteiger partial charge on any atom is 0.161 e. The second-order valence-corrected chi connectivity index (χ2v) is 6.41. The van der Waals surface area contributed by atoms with Crippen molar-refractivity contribution in [2.24, 2.45) is 5.10 Å². The Bertz CT molecular complexity index is 768. The van der Waals surface area contributed by atoms with Crippen molar-refractivity contribution < 1.29 is 9.47 Å². The Hall–Kier alpha value is -2.49. The summed E-state index contributed by atoms with van der Waals surface area (Å²) in [6.07, 6.45) is 5.01. The summed E-state index contributed by atoms with van der Waals surface area (Å²) in [5, 5.41) is 4.53. The highest BCUT2D eigenvalue weighted by atomic mass is 16.5. The second kappa shape index (κ2) is 8.06. The molecule has 1 aliphatic carbocycles. The van der Waals surface area contributed by atoms with E-state index in [1.807, 2.05) is 25.1 Å². The molecule has 1 N–H and O–H groups in total. The third-order valence-electron chi connectivity index (χ3n) is 4.74. The average Bonchev–Trinajstić information content (AvgIpc) is 2.67. The summed E-state index contributed by atoms with van der Waals surface area (Å²) in [5.74, 6) is 1.47. The van der Waals surface area contributed by atoms with Gasteiger partial charge in [0.25, 0.3) is 0 Å². The maximum atomic E-state index is 5.34. The first-order valence-electron chi connectivity index (χ1n) is 8.81. The van der Waals surface area contributed by atoms with Crippen LogP contribution in [0, 0.1) is 0 Å². The Kier molecular flexibility index (Phi) is 5.59. The first-order chi connectivity index (χ1) is 12.2. The molecular weight excluding hydrogens is 312 g/mol. The quantitative estimate of drug-likeness (QED) is 0.637. The fraction of sp³-hybridized carbons (Fsp3) is 0.381. The number of rotatable bonds is 6. The van der Waals surface area contributed by atoms with E-state index in [9.17, 15) is 0 Å². The van der Waals surface area contributed by atoms with E-state index >= 15 is 0 Å². The van der Waals surface area contributed by atoms with Crippen LogP contribution in [0.5, 0.6) is 11.5 Å². The smallest absolute Gasteiger partial charge is 0.161 e. The number of nitrogens with zero attached hydrogens (tertiary/aromatic N) is 1. The number of aryl methyl sites for hydroxylation is 2. The van der Waals surface area contributed by atoms with E-state index in [1.54, 1.807) is 14.2 Å². The highest BCUT2D eigenvalue weighted by molar-refractivity contribution is 5.98. The minimum Gasteiger partial charge on any atom is -0.493 e. The standard InChI is InChI=1S/C21H26N2O2/c1-15(18-10-9-17-6-4-5-7-19(17)13-18)23-22-14-16-8-11-20(24-2)21(12-16)25-3/h8-13,22H,4-7,14H2,1-3H3/b23-15+. The fourth-order valence-electron chi connectivity index (χ4n) is 3.26. The monoisotopic (exact) mass is 338 g/mol. The van der Waals surface area contributed by atoms with E-state index in [1.165, 1.54) is 42.4 Å². The van der Waals surface area contributed by atoms with Gasteiger partial charge in [-0.25, -0.2) is 0 Å². The van der Waals surface area contributed by atoms with E-state index in [0.717, 1.165) is 22.8 Å². The lowest BCUT2D eigenvalue weighted by Crippen LogP contribution is -2.10. The molecular formula is C21H26N2O2. The topological polar surface area (TPSA) is 42.8 Å². The Balaban J connectivity index is 1.66. The maximum absolute atomic E-state index is 5.34. The van der Waals surface area contributed by atoms with Crippen LogP contribution in [0.25, 0.3) is 0 Å². The van der Waals surface area contributed by atoms with Crippen molar-refractivity contribution in [3.8, 4) is 11.5 Å². The molecule has 0 heterocycles. The Labute approximate surface area is 149 Å². The zero-order valence-corrected chi connectivity index (χ0v) is 15.3. The summed E-state index contributed by atoms with van der Waals surface area (Å²) in [4.78, 5) is 0. The Morgan fingerprint density at radius 2 is 1.72 bits per heavy atom. The van der Waals surface area contributed by atoms with Gasteiger partial charge in [-0.3, -0.25) is 0 Å². The largest absolute Gasteiger partial charge is 0.493 e. The third kappa shape index (κ3) is 4.13. The van der Waals surface area contributed by atoms with E-state index < -0.39 is 0 Å². The molecule has 0 radical (unpaired) electrons. The molecule has 132 valence electrons. The minimum absolute atomic E-state index is 0.642. The molecule has 3 rings (SSSR count). The number of methoxy groups -OCH3 is 2. The molecule has 4 nitrogen and oxygen atoms in total. The van der Waals surface area contributed by atoms with Crippen LogP contribution in [0.15, 0.2) is 41.5 Å². The predicted molar refractivity (Wildman–Crippen MR) is 102 cm³/mol. The molecule has 4 heteroatoms. The van der Waals surface area contributed by atoms with Gasteiger partial charge in [0.1, 0.15) is 0 Å². The number of ether oxygens (including phenoxy) is 2. The van der Waals surface area contributed by atoms with Gasteiger partial charge in [-0.1, -0.05) is 18.2 Å². The lowest BCUT2D eigenvalue weighted by molar-refractivity contribution is 0.354. The minimum atomic E-state index is 0.642. The van der Waals surface area contributed by atoms with Gasteiger partial charge in [-0.15, -0.1) is 0 Å². The van der Waals surface area contributed by atoms with Gasteiger partial charge in [-0.2, -0.15) is 5.10 Å². The number of nitrogens with one attached hydrogen (secondary N) is 1. The van der Waals surface area contributed by atoms with Gasteiger partial charge >= 0.3 is 0 Å². The molecule has 0 saturated carbocycles. The molecule has 2 aromatic rings. The zero-order chi connectivity index (χ0) is 17.6. The highest BCUT2D eigenvalue weighted by Gasteiger charge is 2.10. The number of fused-ring (bicyclic) bond motifs is 1. The lowest BCUT2D eigenvalue weighted by atomic mass is 9.90. The Morgan fingerprint density at radius 1 is 0.960 bits per heavy atom. The van der Waals surface area contributed by atoms with Crippen LogP contribution in [0.2, 0.25) is 0 Å². The molecule has 1 aliphatic rings. The second-order valence-electron chi connectivity index (χ2n) is 6.41. The fourth-order valence-corrected chi connectivity index (χ4v) is 3.26. The van der Waals surface area contributed by atoms with Crippen molar-refractivity contribution >= 4 is 5.71 Å². The van der Waals surface area contributed by atoms with Crippen molar-refractivity contribution in [3.05, 3.63) is 58.7 Å². The summed E-state index contributed by atoms with van der Waals surface area (Å²) >= 11 is 0. The number of benzene rings is 2. The molecule has 0 bridgehead atoms. The first-order valence-corrected chi connectivity index (χ1v) is 8.81.